The van der Waals surface area contributed by atoms with E-state index < -0.39 is 12.7 Å². The smallest absolute Gasteiger partial charge is 0.379 e. The lowest BCUT2D eigenvalue weighted by molar-refractivity contribution is -0.143. The van der Waals surface area contributed by atoms with Crippen LogP contribution in [-0.2, 0) is 17.8 Å². The van der Waals surface area contributed by atoms with E-state index in [-0.39, 0.29) is 18.6 Å². The van der Waals surface area contributed by atoms with Crippen LogP contribution in [0.3, 0.4) is 0 Å². The number of halogens is 3. The molecule has 9 heteroatoms. The van der Waals surface area contributed by atoms with Gasteiger partial charge in [0.25, 0.3) is 0 Å². The van der Waals surface area contributed by atoms with Gasteiger partial charge in [0, 0.05) is 45.3 Å². The molecular formula is C19H27F3N4O2. The van der Waals surface area contributed by atoms with E-state index in [1.54, 1.807) is 0 Å². The van der Waals surface area contributed by atoms with Gasteiger partial charge in [-0.2, -0.15) is 13.2 Å². The van der Waals surface area contributed by atoms with Gasteiger partial charge < -0.3 is 15.4 Å². The maximum Gasteiger partial charge on any atom is 0.401 e. The number of ether oxygens (including phenoxy) is 1. The van der Waals surface area contributed by atoms with Gasteiger partial charge >= 0.3 is 12.2 Å². The highest BCUT2D eigenvalue weighted by atomic mass is 19.4. The predicted octanol–water partition coefficient (Wildman–Crippen LogP) is 1.95. The normalized spacial score (nSPS) is 21.6. The van der Waals surface area contributed by atoms with Crippen LogP contribution in [0.2, 0.25) is 0 Å². The Bertz CT molecular complexity index is 650. The molecule has 1 atom stereocenters. The second-order valence-electron chi connectivity index (χ2n) is 7.32. The van der Waals surface area contributed by atoms with Crippen LogP contribution in [0.5, 0.6) is 0 Å². The number of hydrogen-bond donors (Lipinski definition) is 2. The minimum atomic E-state index is -4.21. The van der Waals surface area contributed by atoms with Crippen LogP contribution >= 0.6 is 0 Å². The van der Waals surface area contributed by atoms with Crippen molar-refractivity contribution in [3.63, 3.8) is 0 Å². The Hall–Kier alpha value is -1.84. The average Bonchev–Trinajstić information content (AvgIpc) is 3.06. The van der Waals surface area contributed by atoms with E-state index in [1.165, 1.54) is 4.90 Å². The Morgan fingerprint density at radius 2 is 1.82 bits per heavy atom. The van der Waals surface area contributed by atoms with Gasteiger partial charge in [-0.05, 0) is 17.5 Å². The molecular weight excluding hydrogens is 373 g/mol. The molecule has 3 rings (SSSR count). The lowest BCUT2D eigenvalue weighted by atomic mass is 10.1. The predicted molar refractivity (Wildman–Crippen MR) is 98.8 cm³/mol. The molecule has 2 amide bonds. The van der Waals surface area contributed by atoms with E-state index in [2.05, 4.69) is 21.6 Å². The number of likely N-dealkylation sites (tertiary alicyclic amines) is 1. The number of alkyl halides is 3. The average molecular weight is 400 g/mol. The summed E-state index contributed by atoms with van der Waals surface area (Å²) < 4.78 is 42.8. The summed E-state index contributed by atoms with van der Waals surface area (Å²) in [5.41, 5.74) is 2.19. The number of urea groups is 1. The molecule has 1 aromatic rings. The lowest BCUT2D eigenvalue weighted by Gasteiger charge is -2.27. The molecule has 0 aliphatic carbocycles. The topological polar surface area (TPSA) is 56.8 Å². The summed E-state index contributed by atoms with van der Waals surface area (Å²) in [4.78, 5) is 15.8. The van der Waals surface area contributed by atoms with Gasteiger partial charge in [-0.1, -0.05) is 24.3 Å². The molecule has 156 valence electrons. The second kappa shape index (κ2) is 9.58. The van der Waals surface area contributed by atoms with E-state index in [0.717, 1.165) is 44.0 Å². The highest BCUT2D eigenvalue weighted by Gasteiger charge is 2.34. The Balaban J connectivity index is 1.45. The number of rotatable bonds is 6. The maximum absolute atomic E-state index is 12.5. The number of carbonyl (C=O) groups excluding carboxylic acids is 1. The van der Waals surface area contributed by atoms with Crippen molar-refractivity contribution in [3.8, 4) is 0 Å². The fourth-order valence-electron chi connectivity index (χ4n) is 3.64. The van der Waals surface area contributed by atoms with Crippen LogP contribution in [0.15, 0.2) is 24.3 Å². The zero-order chi connectivity index (χ0) is 20.0. The van der Waals surface area contributed by atoms with Crippen LogP contribution < -0.4 is 10.6 Å². The van der Waals surface area contributed by atoms with E-state index in [0.29, 0.717) is 19.5 Å². The Labute approximate surface area is 163 Å². The van der Waals surface area contributed by atoms with Crippen LogP contribution in [0, 0.1) is 0 Å². The van der Waals surface area contributed by atoms with Crippen LogP contribution in [0.25, 0.3) is 0 Å². The highest BCUT2D eigenvalue weighted by molar-refractivity contribution is 5.74. The Kier molecular flexibility index (Phi) is 7.14. The van der Waals surface area contributed by atoms with Crippen LogP contribution in [0.4, 0.5) is 18.0 Å². The van der Waals surface area contributed by atoms with Crippen molar-refractivity contribution in [2.24, 2.45) is 0 Å². The summed E-state index contributed by atoms with van der Waals surface area (Å²) in [6, 6.07) is 7.34. The van der Waals surface area contributed by atoms with Crippen LogP contribution in [0.1, 0.15) is 17.5 Å². The number of amides is 2. The molecule has 2 fully saturated rings. The molecule has 2 aliphatic rings. The number of nitrogens with one attached hydrogen (secondary N) is 2. The molecule has 2 heterocycles. The summed E-state index contributed by atoms with van der Waals surface area (Å²) in [6.07, 6.45) is -3.68. The van der Waals surface area contributed by atoms with Crippen molar-refractivity contribution < 1.29 is 22.7 Å². The van der Waals surface area contributed by atoms with Crippen molar-refractivity contribution in [2.45, 2.75) is 31.7 Å². The van der Waals surface area contributed by atoms with Gasteiger partial charge in [0.1, 0.15) is 0 Å². The molecule has 2 N–H and O–H groups in total. The van der Waals surface area contributed by atoms with E-state index in [1.807, 2.05) is 18.2 Å². The summed E-state index contributed by atoms with van der Waals surface area (Å²) in [5.74, 6) is 0. The number of benzene rings is 1. The molecule has 0 radical (unpaired) electrons. The molecule has 0 saturated carbocycles. The van der Waals surface area contributed by atoms with Crippen molar-refractivity contribution >= 4 is 6.03 Å². The van der Waals surface area contributed by atoms with E-state index >= 15 is 0 Å². The number of carbonyl (C=O) groups is 1. The minimum absolute atomic E-state index is 0.223. The third kappa shape index (κ3) is 6.65. The summed E-state index contributed by atoms with van der Waals surface area (Å²) in [6.45, 7) is 4.06. The first-order valence-corrected chi connectivity index (χ1v) is 9.59. The van der Waals surface area contributed by atoms with Crippen LogP contribution in [-0.4, -0.2) is 74.0 Å². The molecule has 0 bridgehead atoms. The lowest BCUT2D eigenvalue weighted by Crippen LogP contribution is -2.44. The summed E-state index contributed by atoms with van der Waals surface area (Å²) in [5, 5.41) is 5.61. The zero-order valence-electron chi connectivity index (χ0n) is 15.8. The van der Waals surface area contributed by atoms with Gasteiger partial charge in [0.2, 0.25) is 0 Å². The van der Waals surface area contributed by atoms with E-state index in [9.17, 15) is 18.0 Å². The van der Waals surface area contributed by atoms with Gasteiger partial charge in [-0.3, -0.25) is 9.80 Å². The van der Waals surface area contributed by atoms with Crippen molar-refractivity contribution in [1.29, 1.82) is 0 Å². The van der Waals surface area contributed by atoms with Gasteiger partial charge in [-0.25, -0.2) is 4.79 Å². The first kappa shape index (κ1) is 20.9. The van der Waals surface area contributed by atoms with Crippen molar-refractivity contribution in [1.82, 2.24) is 20.4 Å². The SMILES string of the molecule is O=C(NCc1ccccc1CN1CCOCC1)NC1CCN(CC(F)(F)F)C1. The Morgan fingerprint density at radius 1 is 1.11 bits per heavy atom. The number of hydrogen-bond acceptors (Lipinski definition) is 4. The monoisotopic (exact) mass is 400 g/mol. The number of morpholine rings is 1. The summed E-state index contributed by atoms with van der Waals surface area (Å²) in [7, 11) is 0. The first-order chi connectivity index (χ1) is 13.4. The zero-order valence-corrected chi connectivity index (χ0v) is 15.8. The molecule has 6 nitrogen and oxygen atoms in total. The molecule has 0 aromatic heterocycles. The fraction of sp³-hybridized carbons (Fsp3) is 0.632. The van der Waals surface area contributed by atoms with Crippen molar-refractivity contribution in [2.75, 3.05) is 45.9 Å². The molecule has 1 unspecified atom stereocenters. The highest BCUT2D eigenvalue weighted by Crippen LogP contribution is 2.20. The second-order valence-corrected chi connectivity index (χ2v) is 7.32. The molecule has 0 spiro atoms. The molecule has 1 aromatic carbocycles. The first-order valence-electron chi connectivity index (χ1n) is 9.59. The standard InChI is InChI=1S/C19H27F3N4O2/c20-19(21,22)14-26-6-5-17(13-26)24-18(27)23-11-15-3-1-2-4-16(15)12-25-7-9-28-10-8-25/h1-4,17H,5-14H2,(H2,23,24,27). The van der Waals surface area contributed by atoms with Gasteiger partial charge in [0.15, 0.2) is 0 Å². The molecule has 2 saturated heterocycles. The van der Waals surface area contributed by atoms with Gasteiger partial charge in [-0.15, -0.1) is 0 Å². The third-order valence-electron chi connectivity index (χ3n) is 5.07. The van der Waals surface area contributed by atoms with Gasteiger partial charge in [0.05, 0.1) is 19.8 Å². The Morgan fingerprint density at radius 3 is 2.54 bits per heavy atom. The maximum atomic E-state index is 12.5. The summed E-state index contributed by atoms with van der Waals surface area (Å²) >= 11 is 0. The minimum Gasteiger partial charge on any atom is -0.379 e. The largest absolute Gasteiger partial charge is 0.401 e. The number of nitrogens with zero attached hydrogens (tertiary/aromatic N) is 2. The van der Waals surface area contributed by atoms with E-state index in [4.69, 9.17) is 4.74 Å². The third-order valence-corrected chi connectivity index (χ3v) is 5.07. The van der Waals surface area contributed by atoms with Crippen molar-refractivity contribution in [3.05, 3.63) is 35.4 Å². The quantitative estimate of drug-likeness (QED) is 0.767. The fourth-order valence-corrected chi connectivity index (χ4v) is 3.64. The molecule has 28 heavy (non-hydrogen) atoms. The molecule has 2 aliphatic heterocycles.